The molecule has 1 aromatic heterocycles. The number of anilines is 1. The van der Waals surface area contributed by atoms with Crippen LogP contribution in [0.3, 0.4) is 0 Å². The Morgan fingerprint density at radius 3 is 2.69 bits per heavy atom. The van der Waals surface area contributed by atoms with Crippen molar-refractivity contribution in [3.63, 3.8) is 0 Å². The van der Waals surface area contributed by atoms with Crippen LogP contribution < -0.4 is 16.6 Å². The van der Waals surface area contributed by atoms with E-state index in [-0.39, 0.29) is 6.04 Å². The predicted octanol–water partition coefficient (Wildman–Crippen LogP) is 0.274. The van der Waals surface area contributed by atoms with Gasteiger partial charge in [0.2, 0.25) is 0 Å². The Bertz CT molecular complexity index is 351. The highest BCUT2D eigenvalue weighted by Gasteiger charge is 1.99. The minimum Gasteiger partial charge on any atom is -0.369 e. The van der Waals surface area contributed by atoms with Crippen LogP contribution in [-0.4, -0.2) is 16.0 Å². The van der Waals surface area contributed by atoms with Crippen molar-refractivity contribution in [3.05, 3.63) is 26.9 Å². The zero-order chi connectivity index (χ0) is 9.84. The average Bonchev–Trinajstić information content (AvgIpc) is 2.02. The van der Waals surface area contributed by atoms with Gasteiger partial charge in [-0.05, 0) is 13.3 Å². The van der Waals surface area contributed by atoms with Gasteiger partial charge in [0.15, 0.2) is 0 Å². The number of hydrogen-bond acceptors (Lipinski definition) is 3. The third kappa shape index (κ3) is 2.77. The maximum absolute atomic E-state index is 10.9. The Kier molecular flexibility index (Phi) is 2.89. The summed E-state index contributed by atoms with van der Waals surface area (Å²) in [6.45, 7) is 3.99. The maximum atomic E-state index is 10.9. The van der Waals surface area contributed by atoms with Gasteiger partial charge >= 0.3 is 5.69 Å². The van der Waals surface area contributed by atoms with Crippen molar-refractivity contribution in [2.24, 2.45) is 0 Å². The fourth-order valence-electron chi connectivity index (χ4n) is 0.914. The Labute approximate surface area is 75.2 Å². The lowest BCUT2D eigenvalue weighted by molar-refractivity contribution is 0.756. The molecule has 0 aliphatic carbocycles. The SMILES string of the molecule is CC[C@@H](C)Nc1cc(=O)[nH]c(=O)[nH]1. The third-order valence-corrected chi connectivity index (χ3v) is 1.77. The van der Waals surface area contributed by atoms with Gasteiger partial charge in [0, 0.05) is 12.1 Å². The highest BCUT2D eigenvalue weighted by Crippen LogP contribution is 1.99. The van der Waals surface area contributed by atoms with Crippen LogP contribution in [0.4, 0.5) is 5.82 Å². The zero-order valence-electron chi connectivity index (χ0n) is 7.68. The van der Waals surface area contributed by atoms with Crippen molar-refractivity contribution in [1.29, 1.82) is 0 Å². The second-order valence-corrected chi connectivity index (χ2v) is 2.96. The van der Waals surface area contributed by atoms with Gasteiger partial charge in [0.05, 0.1) is 0 Å². The Morgan fingerprint density at radius 1 is 1.46 bits per heavy atom. The minimum absolute atomic E-state index is 0.234. The highest BCUT2D eigenvalue weighted by molar-refractivity contribution is 5.32. The van der Waals surface area contributed by atoms with Crippen molar-refractivity contribution in [2.45, 2.75) is 26.3 Å². The molecule has 1 aromatic rings. The molecule has 5 nitrogen and oxygen atoms in total. The van der Waals surface area contributed by atoms with E-state index in [4.69, 9.17) is 0 Å². The topological polar surface area (TPSA) is 77.8 Å². The fourth-order valence-corrected chi connectivity index (χ4v) is 0.914. The van der Waals surface area contributed by atoms with E-state index in [0.29, 0.717) is 5.82 Å². The van der Waals surface area contributed by atoms with Crippen LogP contribution >= 0.6 is 0 Å². The van der Waals surface area contributed by atoms with Gasteiger partial charge in [-0.1, -0.05) is 6.92 Å². The summed E-state index contributed by atoms with van der Waals surface area (Å²) in [5, 5.41) is 3.00. The number of H-pyrrole nitrogens is 2. The van der Waals surface area contributed by atoms with Gasteiger partial charge in [-0.3, -0.25) is 14.8 Å². The first kappa shape index (κ1) is 9.57. The molecule has 0 unspecified atom stereocenters. The van der Waals surface area contributed by atoms with Gasteiger partial charge in [-0.15, -0.1) is 0 Å². The molecule has 1 heterocycles. The number of aromatic amines is 2. The smallest absolute Gasteiger partial charge is 0.327 e. The van der Waals surface area contributed by atoms with E-state index in [9.17, 15) is 9.59 Å². The molecule has 5 heteroatoms. The molecule has 0 spiro atoms. The summed E-state index contributed by atoms with van der Waals surface area (Å²) >= 11 is 0. The second-order valence-electron chi connectivity index (χ2n) is 2.96. The van der Waals surface area contributed by atoms with E-state index in [1.165, 1.54) is 6.07 Å². The Morgan fingerprint density at radius 2 is 2.15 bits per heavy atom. The van der Waals surface area contributed by atoms with Gasteiger partial charge in [-0.25, -0.2) is 4.79 Å². The van der Waals surface area contributed by atoms with Crippen LogP contribution in [0.2, 0.25) is 0 Å². The number of aromatic nitrogens is 2. The average molecular weight is 183 g/mol. The van der Waals surface area contributed by atoms with Crippen molar-refractivity contribution in [2.75, 3.05) is 5.32 Å². The van der Waals surface area contributed by atoms with Crippen LogP contribution in [0.15, 0.2) is 15.7 Å². The van der Waals surface area contributed by atoms with E-state index >= 15 is 0 Å². The zero-order valence-corrected chi connectivity index (χ0v) is 7.68. The molecule has 0 aliphatic rings. The van der Waals surface area contributed by atoms with Crippen molar-refractivity contribution >= 4 is 5.82 Å². The number of hydrogen-bond donors (Lipinski definition) is 3. The summed E-state index contributed by atoms with van der Waals surface area (Å²) in [6.07, 6.45) is 0.925. The van der Waals surface area contributed by atoms with E-state index in [1.807, 2.05) is 13.8 Å². The molecule has 1 rings (SSSR count). The van der Waals surface area contributed by atoms with Crippen LogP contribution in [0.5, 0.6) is 0 Å². The lowest BCUT2D eigenvalue weighted by Gasteiger charge is -2.11. The van der Waals surface area contributed by atoms with E-state index in [1.54, 1.807) is 0 Å². The molecule has 0 aliphatic heterocycles. The largest absolute Gasteiger partial charge is 0.369 e. The van der Waals surface area contributed by atoms with Crippen LogP contribution in [0, 0.1) is 0 Å². The van der Waals surface area contributed by atoms with Crippen LogP contribution in [-0.2, 0) is 0 Å². The monoisotopic (exact) mass is 183 g/mol. The van der Waals surface area contributed by atoms with E-state index in [2.05, 4.69) is 15.3 Å². The molecule has 0 bridgehead atoms. The normalized spacial score (nSPS) is 12.5. The molecule has 0 amide bonds. The quantitative estimate of drug-likeness (QED) is 0.629. The van der Waals surface area contributed by atoms with Crippen molar-refractivity contribution in [1.82, 2.24) is 9.97 Å². The number of nitrogens with one attached hydrogen (secondary N) is 3. The molecule has 0 saturated heterocycles. The third-order valence-electron chi connectivity index (χ3n) is 1.77. The fraction of sp³-hybridized carbons (Fsp3) is 0.500. The lowest BCUT2D eigenvalue weighted by atomic mass is 10.2. The summed E-state index contributed by atoms with van der Waals surface area (Å²) in [6, 6.07) is 1.56. The molecule has 0 fully saturated rings. The summed E-state index contributed by atoms with van der Waals surface area (Å²) in [5.74, 6) is 0.461. The van der Waals surface area contributed by atoms with Gasteiger partial charge < -0.3 is 5.32 Å². The first-order valence-electron chi connectivity index (χ1n) is 4.22. The van der Waals surface area contributed by atoms with Crippen LogP contribution in [0.1, 0.15) is 20.3 Å². The van der Waals surface area contributed by atoms with Gasteiger partial charge in [0.25, 0.3) is 5.56 Å². The van der Waals surface area contributed by atoms with E-state index in [0.717, 1.165) is 6.42 Å². The van der Waals surface area contributed by atoms with E-state index < -0.39 is 11.2 Å². The molecule has 0 radical (unpaired) electrons. The molecule has 1 atom stereocenters. The Hall–Kier alpha value is -1.52. The molecule has 0 aromatic carbocycles. The highest BCUT2D eigenvalue weighted by atomic mass is 16.2. The predicted molar refractivity (Wildman–Crippen MR) is 51.1 cm³/mol. The summed E-state index contributed by atoms with van der Waals surface area (Å²) in [5.41, 5.74) is -0.882. The van der Waals surface area contributed by atoms with Crippen molar-refractivity contribution < 1.29 is 0 Å². The minimum atomic E-state index is -0.488. The second kappa shape index (κ2) is 3.93. The molecular formula is C8H13N3O2. The molecule has 13 heavy (non-hydrogen) atoms. The summed E-state index contributed by atoms with van der Waals surface area (Å²) in [7, 11) is 0. The first-order chi connectivity index (χ1) is 6.11. The van der Waals surface area contributed by atoms with Crippen molar-refractivity contribution in [3.8, 4) is 0 Å². The van der Waals surface area contributed by atoms with Gasteiger partial charge in [0.1, 0.15) is 5.82 Å². The standard InChI is InChI=1S/C8H13N3O2/c1-3-5(2)9-6-4-7(12)11-8(13)10-6/h4-5H,3H2,1-2H3,(H3,9,10,11,12,13)/t5-/m1/s1. The van der Waals surface area contributed by atoms with Gasteiger partial charge in [-0.2, -0.15) is 0 Å². The summed E-state index contributed by atoms with van der Waals surface area (Å²) < 4.78 is 0. The molecule has 3 N–H and O–H groups in total. The summed E-state index contributed by atoms with van der Waals surface area (Å²) in [4.78, 5) is 26.3. The lowest BCUT2D eigenvalue weighted by Crippen LogP contribution is -2.25. The Balaban J connectivity index is 2.90. The molecular weight excluding hydrogens is 170 g/mol. The van der Waals surface area contributed by atoms with Crippen LogP contribution in [0.25, 0.3) is 0 Å². The molecule has 72 valence electrons. The maximum Gasteiger partial charge on any atom is 0.327 e. The first-order valence-corrected chi connectivity index (χ1v) is 4.22. The molecule has 0 saturated carbocycles. The number of rotatable bonds is 3.